The Labute approximate surface area is 174 Å². The van der Waals surface area contributed by atoms with Crippen LogP contribution in [-0.2, 0) is 18.6 Å². The first-order chi connectivity index (χ1) is 13.7. The lowest BCUT2D eigenvalue weighted by Gasteiger charge is -2.12. The highest BCUT2D eigenvalue weighted by Crippen LogP contribution is 2.34. The molecule has 0 aliphatic heterocycles. The Morgan fingerprint density at radius 3 is 2.57 bits per heavy atom. The van der Waals surface area contributed by atoms with Crippen molar-refractivity contribution in [3.8, 4) is 6.07 Å². The third kappa shape index (κ3) is 4.14. The van der Waals surface area contributed by atoms with Gasteiger partial charge >= 0.3 is 0 Å². The lowest BCUT2D eigenvalue weighted by atomic mass is 10.0. The molecule has 1 aromatic heterocycles. The van der Waals surface area contributed by atoms with Gasteiger partial charge in [-0.05, 0) is 53.6 Å². The standard InChI is InChI=1S/C24H19ClN2S/c25-19-12-9-18(10-13-19)16-28-24-22(15-26)20(21-7-4-8-23(21)27-24)14-11-17-5-2-1-3-6-17/h1-3,5-6,9-14H,4,7-8,16H2/b14-11+. The molecular weight excluding hydrogens is 384 g/mol. The van der Waals surface area contributed by atoms with Gasteiger partial charge in [0.1, 0.15) is 11.1 Å². The summed E-state index contributed by atoms with van der Waals surface area (Å²) in [5.41, 5.74) is 6.40. The van der Waals surface area contributed by atoms with Gasteiger partial charge in [0.05, 0.1) is 5.56 Å². The summed E-state index contributed by atoms with van der Waals surface area (Å²) in [5.74, 6) is 0.763. The van der Waals surface area contributed by atoms with Gasteiger partial charge in [-0.15, -0.1) is 11.8 Å². The van der Waals surface area contributed by atoms with Crippen LogP contribution in [0.25, 0.3) is 12.2 Å². The summed E-state index contributed by atoms with van der Waals surface area (Å²) in [4.78, 5) is 4.85. The van der Waals surface area contributed by atoms with Crippen molar-refractivity contribution in [3.05, 3.63) is 93.1 Å². The van der Waals surface area contributed by atoms with E-state index in [0.717, 1.165) is 51.9 Å². The van der Waals surface area contributed by atoms with Gasteiger partial charge in [-0.2, -0.15) is 5.26 Å². The van der Waals surface area contributed by atoms with Gasteiger partial charge in [0.25, 0.3) is 0 Å². The van der Waals surface area contributed by atoms with E-state index in [0.29, 0.717) is 5.56 Å². The number of halogens is 1. The molecule has 0 fully saturated rings. The van der Waals surface area contributed by atoms with Crippen molar-refractivity contribution in [2.45, 2.75) is 30.0 Å². The monoisotopic (exact) mass is 402 g/mol. The highest BCUT2D eigenvalue weighted by atomic mass is 35.5. The molecule has 4 rings (SSSR count). The number of hydrogen-bond donors (Lipinski definition) is 0. The van der Waals surface area contributed by atoms with Crippen molar-refractivity contribution in [2.24, 2.45) is 0 Å². The molecule has 3 aromatic rings. The zero-order valence-corrected chi connectivity index (χ0v) is 16.9. The summed E-state index contributed by atoms with van der Waals surface area (Å²) in [6, 6.07) is 20.4. The lowest BCUT2D eigenvalue weighted by Crippen LogP contribution is -2.00. The lowest BCUT2D eigenvalue weighted by molar-refractivity contribution is 0.891. The minimum absolute atomic E-state index is 0.687. The highest BCUT2D eigenvalue weighted by Gasteiger charge is 2.22. The minimum Gasteiger partial charge on any atom is -0.245 e. The van der Waals surface area contributed by atoms with Crippen molar-refractivity contribution in [3.63, 3.8) is 0 Å². The zero-order chi connectivity index (χ0) is 19.3. The Morgan fingerprint density at radius 2 is 1.82 bits per heavy atom. The maximum atomic E-state index is 9.91. The van der Waals surface area contributed by atoms with Crippen LogP contribution in [0, 0.1) is 11.3 Å². The van der Waals surface area contributed by atoms with E-state index in [9.17, 15) is 5.26 Å². The molecule has 1 aliphatic rings. The first-order valence-electron chi connectivity index (χ1n) is 9.31. The Bertz CT molecular complexity index is 1050. The molecule has 0 unspecified atom stereocenters. The molecule has 0 bridgehead atoms. The number of aromatic nitrogens is 1. The zero-order valence-electron chi connectivity index (χ0n) is 15.4. The summed E-state index contributed by atoms with van der Waals surface area (Å²) < 4.78 is 0. The third-order valence-corrected chi connectivity index (χ3v) is 6.17. The molecule has 0 spiro atoms. The summed E-state index contributed by atoms with van der Waals surface area (Å²) in [6.07, 6.45) is 7.26. The molecule has 1 heterocycles. The van der Waals surface area contributed by atoms with Crippen LogP contribution in [0.1, 0.15) is 39.9 Å². The van der Waals surface area contributed by atoms with Crippen LogP contribution >= 0.6 is 23.4 Å². The average Bonchev–Trinajstić information content (AvgIpc) is 3.20. The first-order valence-corrected chi connectivity index (χ1v) is 10.7. The number of nitrogens with zero attached hydrogens (tertiary/aromatic N) is 2. The van der Waals surface area contributed by atoms with Gasteiger partial charge in [0.15, 0.2) is 0 Å². The van der Waals surface area contributed by atoms with E-state index in [1.807, 2.05) is 42.5 Å². The first kappa shape index (κ1) is 18.8. The van der Waals surface area contributed by atoms with Gasteiger partial charge in [-0.1, -0.05) is 66.2 Å². The normalized spacial score (nSPS) is 12.9. The molecule has 0 radical (unpaired) electrons. The molecular formula is C24H19ClN2S. The molecule has 4 heteroatoms. The maximum absolute atomic E-state index is 9.91. The Balaban J connectivity index is 1.68. The Hall–Kier alpha value is -2.54. The number of pyridine rings is 1. The number of thioether (sulfide) groups is 1. The van der Waals surface area contributed by atoms with Crippen molar-refractivity contribution in [2.75, 3.05) is 0 Å². The van der Waals surface area contributed by atoms with Crippen LogP contribution in [-0.4, -0.2) is 4.98 Å². The molecule has 0 amide bonds. The minimum atomic E-state index is 0.687. The number of aryl methyl sites for hydroxylation is 1. The van der Waals surface area contributed by atoms with Crippen LogP contribution in [0.3, 0.4) is 0 Å². The number of rotatable bonds is 5. The quantitative estimate of drug-likeness (QED) is 0.453. The van der Waals surface area contributed by atoms with Gasteiger partial charge in [0, 0.05) is 16.5 Å². The molecule has 0 atom stereocenters. The second-order valence-electron chi connectivity index (χ2n) is 6.76. The van der Waals surface area contributed by atoms with Crippen molar-refractivity contribution in [1.82, 2.24) is 4.98 Å². The van der Waals surface area contributed by atoms with Crippen LogP contribution in [0.5, 0.6) is 0 Å². The molecule has 2 aromatic carbocycles. The summed E-state index contributed by atoms with van der Waals surface area (Å²) in [5, 5.41) is 11.5. The molecule has 28 heavy (non-hydrogen) atoms. The second kappa shape index (κ2) is 8.65. The van der Waals surface area contributed by atoms with E-state index < -0.39 is 0 Å². The Kier molecular flexibility index (Phi) is 5.81. The van der Waals surface area contributed by atoms with E-state index in [2.05, 4.69) is 30.4 Å². The molecule has 1 aliphatic carbocycles. The number of benzene rings is 2. The van der Waals surface area contributed by atoms with Crippen LogP contribution in [0.4, 0.5) is 0 Å². The van der Waals surface area contributed by atoms with E-state index in [1.54, 1.807) is 11.8 Å². The fourth-order valence-corrected chi connectivity index (χ4v) is 4.55. The van der Waals surface area contributed by atoms with Crippen LogP contribution in [0.15, 0.2) is 59.6 Å². The second-order valence-corrected chi connectivity index (χ2v) is 8.16. The van der Waals surface area contributed by atoms with Gasteiger partial charge < -0.3 is 0 Å². The van der Waals surface area contributed by atoms with Gasteiger partial charge in [-0.3, -0.25) is 0 Å². The SMILES string of the molecule is N#Cc1c(SCc2ccc(Cl)cc2)nc2c(c1/C=C/c1ccccc1)CCC2. The fraction of sp³-hybridized carbons (Fsp3) is 0.167. The van der Waals surface area contributed by atoms with Crippen molar-refractivity contribution < 1.29 is 0 Å². The molecule has 0 saturated heterocycles. The van der Waals surface area contributed by atoms with Crippen molar-refractivity contribution >= 4 is 35.5 Å². The van der Waals surface area contributed by atoms with E-state index in [4.69, 9.17) is 16.6 Å². The average molecular weight is 403 g/mol. The predicted octanol–water partition coefficient (Wildman–Crippen LogP) is 6.56. The summed E-state index contributed by atoms with van der Waals surface area (Å²) in [7, 11) is 0. The van der Waals surface area contributed by atoms with E-state index >= 15 is 0 Å². The topological polar surface area (TPSA) is 36.7 Å². The number of nitriles is 1. The molecule has 0 saturated carbocycles. The Morgan fingerprint density at radius 1 is 1.04 bits per heavy atom. The predicted molar refractivity (Wildman–Crippen MR) is 117 cm³/mol. The third-order valence-electron chi connectivity index (χ3n) is 4.88. The smallest absolute Gasteiger partial charge is 0.115 e. The largest absolute Gasteiger partial charge is 0.245 e. The van der Waals surface area contributed by atoms with E-state index in [1.165, 1.54) is 11.1 Å². The van der Waals surface area contributed by atoms with E-state index in [-0.39, 0.29) is 0 Å². The number of fused-ring (bicyclic) bond motifs is 1. The number of hydrogen-bond acceptors (Lipinski definition) is 3. The summed E-state index contributed by atoms with van der Waals surface area (Å²) in [6.45, 7) is 0. The van der Waals surface area contributed by atoms with Crippen LogP contribution in [0.2, 0.25) is 5.02 Å². The van der Waals surface area contributed by atoms with Crippen LogP contribution < -0.4 is 0 Å². The highest BCUT2D eigenvalue weighted by molar-refractivity contribution is 7.98. The van der Waals surface area contributed by atoms with Gasteiger partial charge in [0.2, 0.25) is 0 Å². The van der Waals surface area contributed by atoms with Crippen molar-refractivity contribution in [1.29, 1.82) is 5.26 Å². The fourth-order valence-electron chi connectivity index (χ4n) is 3.46. The van der Waals surface area contributed by atoms with Gasteiger partial charge in [-0.25, -0.2) is 4.98 Å². The molecule has 138 valence electrons. The summed E-state index contributed by atoms with van der Waals surface area (Å²) >= 11 is 7.60. The molecule has 0 N–H and O–H groups in total. The maximum Gasteiger partial charge on any atom is 0.115 e. The molecule has 2 nitrogen and oxygen atoms in total.